The SMILES string of the molecule is CC(=O)Nc1ccc(Cn2c(COC(C)=O)nc(C(C)C)c2Sc2cc(Cl)cc(Cl)c2)cc1. The van der Waals surface area contributed by atoms with Crippen molar-refractivity contribution in [3.63, 3.8) is 0 Å². The molecule has 0 atom stereocenters. The lowest BCUT2D eigenvalue weighted by Gasteiger charge is -2.14. The van der Waals surface area contributed by atoms with Gasteiger partial charge < -0.3 is 14.6 Å². The zero-order valence-corrected chi connectivity index (χ0v) is 21.1. The maximum Gasteiger partial charge on any atom is 0.303 e. The highest BCUT2D eigenvalue weighted by atomic mass is 35.5. The fourth-order valence-electron chi connectivity index (χ4n) is 3.20. The van der Waals surface area contributed by atoms with E-state index in [2.05, 4.69) is 19.2 Å². The number of nitrogens with one attached hydrogen (secondary N) is 1. The average molecular weight is 506 g/mol. The molecule has 0 bridgehead atoms. The lowest BCUT2D eigenvalue weighted by Crippen LogP contribution is -2.10. The Morgan fingerprint density at radius 2 is 1.73 bits per heavy atom. The van der Waals surface area contributed by atoms with Gasteiger partial charge in [0.25, 0.3) is 0 Å². The van der Waals surface area contributed by atoms with Crippen LogP contribution in [0.15, 0.2) is 52.4 Å². The molecule has 0 unspecified atom stereocenters. The molecule has 2 aromatic carbocycles. The first kappa shape index (κ1) is 25.1. The van der Waals surface area contributed by atoms with Gasteiger partial charge in [0.15, 0.2) is 0 Å². The highest BCUT2D eigenvalue weighted by molar-refractivity contribution is 7.99. The van der Waals surface area contributed by atoms with E-state index in [-0.39, 0.29) is 24.4 Å². The highest BCUT2D eigenvalue weighted by Gasteiger charge is 2.22. The number of esters is 1. The monoisotopic (exact) mass is 505 g/mol. The number of ether oxygens (including phenoxy) is 1. The third-order valence-corrected chi connectivity index (χ3v) is 6.17. The summed E-state index contributed by atoms with van der Waals surface area (Å²) < 4.78 is 7.33. The average Bonchev–Trinajstić information content (AvgIpc) is 3.04. The maximum atomic E-state index is 11.5. The van der Waals surface area contributed by atoms with Crippen molar-refractivity contribution in [2.75, 3.05) is 5.32 Å². The number of benzene rings is 2. The van der Waals surface area contributed by atoms with E-state index in [1.165, 1.54) is 25.6 Å². The van der Waals surface area contributed by atoms with Crippen molar-refractivity contribution in [1.82, 2.24) is 9.55 Å². The van der Waals surface area contributed by atoms with Crippen LogP contribution < -0.4 is 5.32 Å². The summed E-state index contributed by atoms with van der Waals surface area (Å²) in [6, 6.07) is 13.0. The minimum Gasteiger partial charge on any atom is -0.458 e. The predicted octanol–water partition coefficient (Wildman–Crippen LogP) is 6.53. The Bertz CT molecular complexity index is 1140. The Morgan fingerprint density at radius 1 is 1.09 bits per heavy atom. The van der Waals surface area contributed by atoms with Crippen molar-refractivity contribution in [3.05, 3.63) is 69.6 Å². The second kappa shape index (κ2) is 11.1. The van der Waals surface area contributed by atoms with E-state index in [4.69, 9.17) is 32.9 Å². The van der Waals surface area contributed by atoms with Crippen molar-refractivity contribution in [2.45, 2.75) is 56.7 Å². The van der Waals surface area contributed by atoms with E-state index < -0.39 is 0 Å². The third-order valence-electron chi connectivity index (χ3n) is 4.64. The summed E-state index contributed by atoms with van der Waals surface area (Å²) in [6.45, 7) is 7.56. The minimum absolute atomic E-state index is 0.0654. The molecule has 0 fully saturated rings. The summed E-state index contributed by atoms with van der Waals surface area (Å²) in [5, 5.41) is 4.80. The second-order valence-electron chi connectivity index (χ2n) is 7.82. The van der Waals surface area contributed by atoms with Crippen molar-refractivity contribution < 1.29 is 14.3 Å². The number of aromatic nitrogens is 2. The van der Waals surface area contributed by atoms with Crippen molar-refractivity contribution in [3.8, 4) is 0 Å². The molecule has 3 aromatic rings. The molecule has 9 heteroatoms. The third kappa shape index (κ3) is 7.00. The van der Waals surface area contributed by atoms with Crippen molar-refractivity contribution in [2.24, 2.45) is 0 Å². The maximum absolute atomic E-state index is 11.5. The minimum atomic E-state index is -0.369. The molecule has 0 spiro atoms. The summed E-state index contributed by atoms with van der Waals surface area (Å²) in [4.78, 5) is 28.5. The fourth-order valence-corrected chi connectivity index (χ4v) is 5.12. The van der Waals surface area contributed by atoms with Gasteiger partial charge >= 0.3 is 5.97 Å². The van der Waals surface area contributed by atoms with E-state index >= 15 is 0 Å². The van der Waals surface area contributed by atoms with Crippen LogP contribution in [0.25, 0.3) is 0 Å². The van der Waals surface area contributed by atoms with Crippen LogP contribution in [0, 0.1) is 0 Å². The molecule has 33 heavy (non-hydrogen) atoms. The predicted molar refractivity (Wildman–Crippen MR) is 132 cm³/mol. The molecule has 1 amide bonds. The first-order valence-corrected chi connectivity index (χ1v) is 11.9. The molecular weight excluding hydrogens is 481 g/mol. The van der Waals surface area contributed by atoms with Crippen LogP contribution in [0.1, 0.15) is 50.7 Å². The van der Waals surface area contributed by atoms with Gasteiger partial charge in [-0.25, -0.2) is 4.98 Å². The molecule has 1 heterocycles. The van der Waals surface area contributed by atoms with Gasteiger partial charge in [-0.05, 0) is 41.8 Å². The normalized spacial score (nSPS) is 11.0. The topological polar surface area (TPSA) is 73.2 Å². The molecule has 174 valence electrons. The lowest BCUT2D eigenvalue weighted by atomic mass is 10.1. The molecule has 0 radical (unpaired) electrons. The number of anilines is 1. The number of imidazole rings is 1. The van der Waals surface area contributed by atoms with E-state index in [0.29, 0.717) is 22.4 Å². The number of carbonyl (C=O) groups excluding carboxylic acids is 2. The number of hydrogen-bond donors (Lipinski definition) is 1. The number of amides is 1. The molecule has 0 aliphatic carbocycles. The van der Waals surface area contributed by atoms with E-state index in [1.807, 2.05) is 41.0 Å². The summed E-state index contributed by atoms with van der Waals surface area (Å²) >= 11 is 14.0. The van der Waals surface area contributed by atoms with Gasteiger partial charge in [0, 0.05) is 41.0 Å². The molecule has 0 saturated heterocycles. The molecule has 0 aliphatic heterocycles. The van der Waals surface area contributed by atoms with Crippen LogP contribution in [-0.2, 0) is 27.5 Å². The van der Waals surface area contributed by atoms with Crippen LogP contribution in [0.4, 0.5) is 5.69 Å². The lowest BCUT2D eigenvalue weighted by molar-refractivity contribution is -0.142. The largest absolute Gasteiger partial charge is 0.458 e. The van der Waals surface area contributed by atoms with Gasteiger partial charge in [-0.2, -0.15) is 0 Å². The Kier molecular flexibility index (Phi) is 8.46. The fraction of sp³-hybridized carbons (Fsp3) is 0.292. The van der Waals surface area contributed by atoms with Crippen LogP contribution in [0.5, 0.6) is 0 Å². The Morgan fingerprint density at radius 3 is 2.27 bits per heavy atom. The van der Waals surface area contributed by atoms with Crippen LogP contribution in [0.3, 0.4) is 0 Å². The van der Waals surface area contributed by atoms with Crippen molar-refractivity contribution in [1.29, 1.82) is 0 Å². The summed E-state index contributed by atoms with van der Waals surface area (Å²) in [7, 11) is 0. The van der Waals surface area contributed by atoms with Crippen LogP contribution in [-0.4, -0.2) is 21.4 Å². The van der Waals surface area contributed by atoms with Gasteiger partial charge in [-0.15, -0.1) is 0 Å². The van der Waals surface area contributed by atoms with E-state index in [1.54, 1.807) is 6.07 Å². The standard InChI is InChI=1S/C24H25Cl2N3O3S/c1-14(2)23-24(33-21-10-18(25)9-19(26)11-21)29(22(28-23)13-32-16(4)31)12-17-5-7-20(8-6-17)27-15(3)30/h5-11,14H,12-13H2,1-4H3,(H,27,30). The number of hydrogen-bond acceptors (Lipinski definition) is 5. The first-order chi connectivity index (χ1) is 15.6. The zero-order valence-electron chi connectivity index (χ0n) is 18.8. The van der Waals surface area contributed by atoms with Gasteiger partial charge in [0.2, 0.25) is 5.91 Å². The Balaban J connectivity index is 2.03. The molecule has 0 aliphatic rings. The highest BCUT2D eigenvalue weighted by Crippen LogP contribution is 2.37. The number of halogens is 2. The van der Waals surface area contributed by atoms with Crippen LogP contribution in [0.2, 0.25) is 10.0 Å². The second-order valence-corrected chi connectivity index (χ2v) is 9.76. The molecule has 3 rings (SSSR count). The van der Waals surface area contributed by atoms with Gasteiger partial charge in [-0.1, -0.05) is 60.9 Å². The van der Waals surface area contributed by atoms with E-state index in [0.717, 1.165) is 26.9 Å². The number of carbonyl (C=O) groups is 2. The van der Waals surface area contributed by atoms with Crippen molar-refractivity contribution >= 4 is 52.5 Å². The Labute approximate surface area is 207 Å². The van der Waals surface area contributed by atoms with Gasteiger partial charge in [0.1, 0.15) is 17.5 Å². The smallest absolute Gasteiger partial charge is 0.303 e. The first-order valence-electron chi connectivity index (χ1n) is 10.4. The molecule has 1 aromatic heterocycles. The molecule has 1 N–H and O–H groups in total. The molecular formula is C24H25Cl2N3O3S. The molecule has 0 saturated carbocycles. The molecule has 6 nitrogen and oxygen atoms in total. The number of rotatable bonds is 8. The van der Waals surface area contributed by atoms with Gasteiger partial charge in [-0.3, -0.25) is 9.59 Å². The quantitative estimate of drug-likeness (QED) is 0.352. The summed E-state index contributed by atoms with van der Waals surface area (Å²) in [5.74, 6) is 0.296. The van der Waals surface area contributed by atoms with E-state index in [9.17, 15) is 9.59 Å². The summed E-state index contributed by atoms with van der Waals surface area (Å²) in [5.41, 5.74) is 2.63. The zero-order chi connectivity index (χ0) is 24.1. The van der Waals surface area contributed by atoms with Crippen LogP contribution >= 0.6 is 35.0 Å². The van der Waals surface area contributed by atoms with Gasteiger partial charge in [0.05, 0.1) is 5.69 Å². The summed E-state index contributed by atoms with van der Waals surface area (Å²) in [6.07, 6.45) is 0. The number of nitrogens with zero attached hydrogens (tertiary/aromatic N) is 2. The Hall–Kier alpha value is -2.48.